The molecule has 1 aromatic heterocycles. The highest BCUT2D eigenvalue weighted by molar-refractivity contribution is 6.59. The summed E-state index contributed by atoms with van der Waals surface area (Å²) in [6.45, 7) is 7.85. The molecule has 2 rings (SSSR count). The van der Waals surface area contributed by atoms with Crippen molar-refractivity contribution < 1.29 is 13.7 Å². The molecule has 0 amide bonds. The lowest BCUT2D eigenvalue weighted by Gasteiger charge is -2.17. The van der Waals surface area contributed by atoms with Crippen molar-refractivity contribution in [1.29, 1.82) is 0 Å². The Morgan fingerprint density at radius 1 is 1.00 bits per heavy atom. The van der Waals surface area contributed by atoms with Gasteiger partial charge in [0.2, 0.25) is 5.89 Å². The third-order valence-electron chi connectivity index (χ3n) is 2.57. The smallest absolute Gasteiger partial charge is 0.445 e. The highest BCUT2D eigenvalue weighted by Crippen LogP contribution is 2.15. The van der Waals surface area contributed by atoms with E-state index in [1.165, 1.54) is 0 Å². The zero-order valence-electron chi connectivity index (χ0n) is 12.4. The number of rotatable bonds is 6. The van der Waals surface area contributed by atoms with E-state index in [0.29, 0.717) is 11.6 Å². The Morgan fingerprint density at radius 2 is 1.60 bits per heavy atom. The molecule has 20 heavy (non-hydrogen) atoms. The van der Waals surface area contributed by atoms with Crippen LogP contribution in [-0.2, 0) is 9.31 Å². The predicted octanol–water partition coefficient (Wildman–Crippen LogP) is 2.89. The van der Waals surface area contributed by atoms with Crippen molar-refractivity contribution in [2.45, 2.75) is 39.9 Å². The van der Waals surface area contributed by atoms with Crippen LogP contribution in [0.4, 0.5) is 0 Å². The van der Waals surface area contributed by atoms with Crippen LogP contribution in [-0.4, -0.2) is 24.3 Å². The molecule has 0 saturated carbocycles. The lowest BCUT2D eigenvalue weighted by Crippen LogP contribution is -2.40. The fraction of sp³-hybridized carbons (Fsp3) is 0.400. The van der Waals surface area contributed by atoms with Crippen molar-refractivity contribution in [3.63, 3.8) is 0 Å². The number of benzene rings is 1. The summed E-state index contributed by atoms with van der Waals surface area (Å²) in [5.41, 5.74) is 1.53. The van der Waals surface area contributed by atoms with Crippen molar-refractivity contribution in [2.24, 2.45) is 0 Å². The van der Waals surface area contributed by atoms with Gasteiger partial charge in [0, 0.05) is 17.8 Å². The van der Waals surface area contributed by atoms with E-state index in [4.69, 9.17) is 13.7 Å². The normalized spacial score (nSPS) is 11.3. The van der Waals surface area contributed by atoms with Gasteiger partial charge in [0.25, 0.3) is 0 Å². The van der Waals surface area contributed by atoms with Crippen molar-refractivity contribution in [3.8, 4) is 11.5 Å². The van der Waals surface area contributed by atoms with Crippen LogP contribution >= 0.6 is 0 Å². The molecule has 0 aliphatic heterocycles. The van der Waals surface area contributed by atoms with Crippen molar-refractivity contribution in [3.05, 3.63) is 36.5 Å². The number of nitrogens with zero attached hydrogens (tertiary/aromatic N) is 1. The number of hydrogen-bond acceptors (Lipinski definition) is 4. The Kier molecular flexibility index (Phi) is 4.98. The van der Waals surface area contributed by atoms with E-state index in [1.807, 2.05) is 58.0 Å². The fourth-order valence-corrected chi connectivity index (χ4v) is 1.77. The van der Waals surface area contributed by atoms with Crippen LogP contribution in [0.2, 0.25) is 0 Å². The molecule has 5 heteroatoms. The third kappa shape index (κ3) is 3.95. The van der Waals surface area contributed by atoms with Gasteiger partial charge >= 0.3 is 7.12 Å². The summed E-state index contributed by atoms with van der Waals surface area (Å²) in [6.07, 6.45) is 1.76. The van der Waals surface area contributed by atoms with Gasteiger partial charge in [0.05, 0.1) is 6.20 Å². The van der Waals surface area contributed by atoms with Gasteiger partial charge in [-0.3, -0.25) is 0 Å². The lowest BCUT2D eigenvalue weighted by molar-refractivity contribution is 0.136. The minimum absolute atomic E-state index is 0.0454. The molecule has 0 N–H and O–H groups in total. The molecule has 0 atom stereocenters. The Bertz CT molecular complexity index is 515. The van der Waals surface area contributed by atoms with E-state index in [9.17, 15) is 0 Å². The average molecular weight is 273 g/mol. The summed E-state index contributed by atoms with van der Waals surface area (Å²) in [7, 11) is -0.528. The maximum atomic E-state index is 5.77. The molecule has 0 aliphatic carbocycles. The Hall–Kier alpha value is -1.59. The molecule has 0 spiro atoms. The lowest BCUT2D eigenvalue weighted by atomic mass is 9.85. The molecular formula is C15H20BNO3. The van der Waals surface area contributed by atoms with E-state index >= 15 is 0 Å². The predicted molar refractivity (Wildman–Crippen MR) is 79.8 cm³/mol. The molecule has 0 bridgehead atoms. The molecular weight excluding hydrogens is 253 g/mol. The quantitative estimate of drug-likeness (QED) is 0.759. The van der Waals surface area contributed by atoms with Gasteiger partial charge in [-0.1, -0.05) is 18.2 Å². The van der Waals surface area contributed by atoms with Crippen LogP contribution < -0.4 is 5.66 Å². The van der Waals surface area contributed by atoms with Gasteiger partial charge < -0.3 is 13.7 Å². The van der Waals surface area contributed by atoms with Crippen molar-refractivity contribution in [2.75, 3.05) is 0 Å². The zero-order valence-corrected chi connectivity index (χ0v) is 12.4. The topological polar surface area (TPSA) is 44.5 Å². The van der Waals surface area contributed by atoms with Crippen LogP contribution in [0.3, 0.4) is 0 Å². The first-order valence-electron chi connectivity index (χ1n) is 6.88. The molecule has 106 valence electrons. The van der Waals surface area contributed by atoms with Crippen LogP contribution in [0.15, 0.2) is 40.9 Å². The van der Waals surface area contributed by atoms with Crippen LogP contribution in [0.5, 0.6) is 0 Å². The summed E-state index contributed by atoms with van der Waals surface area (Å²) in [4.78, 5) is 4.30. The van der Waals surface area contributed by atoms with Crippen LogP contribution in [0.1, 0.15) is 27.7 Å². The Morgan fingerprint density at radius 3 is 2.15 bits per heavy atom. The van der Waals surface area contributed by atoms with Gasteiger partial charge in [-0.05, 0) is 39.8 Å². The van der Waals surface area contributed by atoms with E-state index in [2.05, 4.69) is 4.98 Å². The zero-order chi connectivity index (χ0) is 14.5. The summed E-state index contributed by atoms with van der Waals surface area (Å²) < 4.78 is 17.3. The number of aromatic nitrogens is 1. The van der Waals surface area contributed by atoms with Crippen molar-refractivity contribution >= 4 is 12.8 Å². The molecule has 1 aromatic carbocycles. The Balaban J connectivity index is 2.20. The summed E-state index contributed by atoms with van der Waals surface area (Å²) in [5.74, 6) is 0.574. The molecule has 0 fully saturated rings. The molecule has 0 radical (unpaired) electrons. The first-order chi connectivity index (χ1) is 9.56. The second-order valence-electron chi connectivity index (χ2n) is 5.14. The average Bonchev–Trinajstić information content (AvgIpc) is 2.87. The maximum Gasteiger partial charge on any atom is 0.533 e. The SMILES string of the molecule is CC(C)OB(OC(C)C)c1cnc(-c2ccccc2)o1. The highest BCUT2D eigenvalue weighted by atomic mass is 16.6. The van der Waals surface area contributed by atoms with Crippen molar-refractivity contribution in [1.82, 2.24) is 4.98 Å². The van der Waals surface area contributed by atoms with Gasteiger partial charge in [-0.2, -0.15) is 0 Å². The first kappa shape index (κ1) is 14.8. The van der Waals surface area contributed by atoms with E-state index in [0.717, 1.165) is 5.56 Å². The summed E-state index contributed by atoms with van der Waals surface area (Å²) in [6, 6.07) is 9.77. The molecule has 2 aromatic rings. The standard InChI is InChI=1S/C15H20BNO3/c1-11(2)19-16(20-12(3)4)14-10-17-15(18-14)13-8-6-5-7-9-13/h5-12H,1-4H3. The van der Waals surface area contributed by atoms with E-state index < -0.39 is 7.12 Å². The van der Waals surface area contributed by atoms with Gasteiger partial charge in [-0.15, -0.1) is 0 Å². The third-order valence-corrected chi connectivity index (χ3v) is 2.57. The maximum absolute atomic E-state index is 5.77. The van der Waals surface area contributed by atoms with Gasteiger partial charge in [0.15, 0.2) is 5.66 Å². The van der Waals surface area contributed by atoms with E-state index in [1.54, 1.807) is 6.20 Å². The summed E-state index contributed by atoms with van der Waals surface area (Å²) in [5, 5.41) is 0. The number of oxazole rings is 1. The van der Waals surface area contributed by atoms with Crippen LogP contribution in [0.25, 0.3) is 11.5 Å². The molecule has 0 aliphatic rings. The van der Waals surface area contributed by atoms with Gasteiger partial charge in [-0.25, -0.2) is 4.98 Å². The molecule has 0 saturated heterocycles. The molecule has 4 nitrogen and oxygen atoms in total. The van der Waals surface area contributed by atoms with Gasteiger partial charge in [0.1, 0.15) is 0 Å². The largest absolute Gasteiger partial charge is 0.533 e. The monoisotopic (exact) mass is 273 g/mol. The molecule has 0 unspecified atom stereocenters. The molecule has 1 heterocycles. The summed E-state index contributed by atoms with van der Waals surface area (Å²) >= 11 is 0. The minimum Gasteiger partial charge on any atom is -0.445 e. The number of hydrogen-bond donors (Lipinski definition) is 0. The second-order valence-corrected chi connectivity index (χ2v) is 5.14. The Labute approximate surface area is 120 Å². The minimum atomic E-state index is -0.528. The highest BCUT2D eigenvalue weighted by Gasteiger charge is 2.29. The fourth-order valence-electron chi connectivity index (χ4n) is 1.77. The first-order valence-corrected chi connectivity index (χ1v) is 6.88. The van der Waals surface area contributed by atoms with E-state index in [-0.39, 0.29) is 12.2 Å². The second kappa shape index (κ2) is 6.73. The van der Waals surface area contributed by atoms with Crippen LogP contribution in [0, 0.1) is 0 Å².